The predicted molar refractivity (Wildman–Crippen MR) is 138 cm³/mol. The van der Waals surface area contributed by atoms with Crippen LogP contribution in [0.25, 0.3) is 0 Å². The zero-order valence-corrected chi connectivity index (χ0v) is 21.4. The molecular formula is C24H41IN4O2. The fraction of sp³-hybridized carbons (Fsp3) is 0.708. The van der Waals surface area contributed by atoms with Gasteiger partial charge in [-0.15, -0.1) is 24.0 Å². The van der Waals surface area contributed by atoms with E-state index in [1.54, 1.807) is 0 Å². The van der Waals surface area contributed by atoms with Gasteiger partial charge < -0.3 is 20.5 Å². The van der Waals surface area contributed by atoms with Gasteiger partial charge in [-0.05, 0) is 43.2 Å². The Morgan fingerprint density at radius 1 is 1.03 bits per heavy atom. The molecule has 2 fully saturated rings. The fourth-order valence-electron chi connectivity index (χ4n) is 4.27. The summed E-state index contributed by atoms with van der Waals surface area (Å²) in [6.45, 7) is 5.39. The number of aliphatic hydroxyl groups excluding tert-OH is 1. The van der Waals surface area contributed by atoms with E-state index in [1.165, 1.54) is 43.2 Å². The van der Waals surface area contributed by atoms with Crippen LogP contribution in [0, 0.1) is 0 Å². The molecular weight excluding hydrogens is 503 g/mol. The molecule has 2 aliphatic rings. The van der Waals surface area contributed by atoms with Crippen molar-refractivity contribution in [3.05, 3.63) is 35.4 Å². The summed E-state index contributed by atoms with van der Waals surface area (Å²) in [5.74, 6) is 0.837. The summed E-state index contributed by atoms with van der Waals surface area (Å²) in [7, 11) is 1.81. The summed E-state index contributed by atoms with van der Waals surface area (Å²) in [4.78, 5) is 6.74. The summed E-state index contributed by atoms with van der Waals surface area (Å²) < 4.78 is 5.98. The molecule has 0 radical (unpaired) electrons. The fourth-order valence-corrected chi connectivity index (χ4v) is 4.27. The van der Waals surface area contributed by atoms with Crippen LogP contribution < -0.4 is 10.6 Å². The van der Waals surface area contributed by atoms with Crippen molar-refractivity contribution in [2.75, 3.05) is 33.3 Å². The highest BCUT2D eigenvalue weighted by Crippen LogP contribution is 2.20. The van der Waals surface area contributed by atoms with E-state index in [0.29, 0.717) is 6.10 Å². The molecule has 0 spiro atoms. The third-order valence-electron chi connectivity index (χ3n) is 6.19. The average molecular weight is 545 g/mol. The Morgan fingerprint density at radius 3 is 2.39 bits per heavy atom. The summed E-state index contributed by atoms with van der Waals surface area (Å²) in [6.07, 6.45) is 9.64. The molecule has 0 aromatic heterocycles. The molecule has 0 bridgehead atoms. The highest BCUT2D eigenvalue weighted by molar-refractivity contribution is 14.0. The number of hydrogen-bond acceptors (Lipinski definition) is 4. The van der Waals surface area contributed by atoms with Gasteiger partial charge in [-0.2, -0.15) is 0 Å². The Balaban J connectivity index is 0.00000341. The number of aliphatic hydroxyl groups is 1. The molecule has 1 aliphatic heterocycles. The van der Waals surface area contributed by atoms with Gasteiger partial charge in [-0.25, -0.2) is 0 Å². The smallest absolute Gasteiger partial charge is 0.191 e. The Bertz CT molecular complexity index is 627. The molecule has 1 aromatic rings. The lowest BCUT2D eigenvalue weighted by atomic mass is 9.98. The number of guanidine groups is 1. The van der Waals surface area contributed by atoms with Crippen LogP contribution in [0.3, 0.4) is 0 Å². The zero-order valence-electron chi connectivity index (χ0n) is 19.0. The monoisotopic (exact) mass is 544 g/mol. The first-order chi connectivity index (χ1) is 14.7. The van der Waals surface area contributed by atoms with Crippen LogP contribution in [0.5, 0.6) is 0 Å². The molecule has 3 N–H and O–H groups in total. The number of nitrogens with zero attached hydrogens (tertiary/aromatic N) is 2. The maximum atomic E-state index is 9.63. The van der Waals surface area contributed by atoms with E-state index < -0.39 is 0 Å². The quantitative estimate of drug-likeness (QED) is 0.192. The van der Waals surface area contributed by atoms with Crippen LogP contribution in [0.1, 0.15) is 62.5 Å². The van der Waals surface area contributed by atoms with Crippen molar-refractivity contribution in [2.24, 2.45) is 4.99 Å². The number of ether oxygens (including phenoxy) is 1. The Morgan fingerprint density at radius 2 is 1.71 bits per heavy atom. The minimum atomic E-state index is -0.109. The number of hydrogen-bond donors (Lipinski definition) is 3. The first-order valence-electron chi connectivity index (χ1n) is 11.8. The van der Waals surface area contributed by atoms with E-state index in [-0.39, 0.29) is 30.1 Å². The summed E-state index contributed by atoms with van der Waals surface area (Å²) in [5, 5.41) is 16.4. The van der Waals surface area contributed by atoms with Crippen LogP contribution >= 0.6 is 24.0 Å². The van der Waals surface area contributed by atoms with E-state index in [9.17, 15) is 5.11 Å². The highest BCUT2D eigenvalue weighted by atomic mass is 127. The third-order valence-corrected chi connectivity index (χ3v) is 6.19. The molecule has 31 heavy (non-hydrogen) atoms. The highest BCUT2D eigenvalue weighted by Gasteiger charge is 2.16. The molecule has 1 saturated heterocycles. The van der Waals surface area contributed by atoms with E-state index >= 15 is 0 Å². The molecule has 176 valence electrons. The molecule has 0 atom stereocenters. The van der Waals surface area contributed by atoms with E-state index in [1.807, 2.05) is 7.05 Å². The van der Waals surface area contributed by atoms with Crippen LogP contribution in [-0.4, -0.2) is 61.5 Å². The van der Waals surface area contributed by atoms with E-state index in [4.69, 9.17) is 4.74 Å². The largest absolute Gasteiger partial charge is 0.393 e. The van der Waals surface area contributed by atoms with Crippen molar-refractivity contribution in [1.82, 2.24) is 15.5 Å². The Hall–Kier alpha value is -0.900. The van der Waals surface area contributed by atoms with Gasteiger partial charge >= 0.3 is 0 Å². The molecule has 7 heteroatoms. The van der Waals surface area contributed by atoms with Gasteiger partial charge in [0.2, 0.25) is 0 Å². The van der Waals surface area contributed by atoms with Crippen molar-refractivity contribution in [2.45, 2.75) is 76.7 Å². The Labute approximate surface area is 205 Å². The minimum absolute atomic E-state index is 0. The molecule has 1 saturated carbocycles. The second-order valence-corrected chi connectivity index (χ2v) is 8.66. The maximum absolute atomic E-state index is 9.63. The second kappa shape index (κ2) is 15.0. The van der Waals surface area contributed by atoms with Crippen LogP contribution in [-0.2, 0) is 17.8 Å². The lowest BCUT2D eigenvalue weighted by Gasteiger charge is -2.29. The van der Waals surface area contributed by atoms with Crippen molar-refractivity contribution in [3.8, 4) is 0 Å². The molecule has 3 rings (SSSR count). The van der Waals surface area contributed by atoms with Gasteiger partial charge in [0.15, 0.2) is 5.96 Å². The van der Waals surface area contributed by atoms with Gasteiger partial charge in [0, 0.05) is 46.4 Å². The molecule has 6 nitrogen and oxygen atoms in total. The zero-order chi connectivity index (χ0) is 21.0. The first kappa shape index (κ1) is 26.4. The third kappa shape index (κ3) is 10.1. The molecule has 0 amide bonds. The molecule has 1 aromatic carbocycles. The normalized spacial score (nSPS) is 19.1. The van der Waals surface area contributed by atoms with Gasteiger partial charge in [-0.3, -0.25) is 9.89 Å². The Kier molecular flexibility index (Phi) is 12.8. The summed E-state index contributed by atoms with van der Waals surface area (Å²) in [5.41, 5.74) is 2.58. The van der Waals surface area contributed by atoms with Gasteiger partial charge in [0.05, 0.1) is 12.2 Å². The minimum Gasteiger partial charge on any atom is -0.393 e. The maximum Gasteiger partial charge on any atom is 0.191 e. The molecule has 1 aliphatic carbocycles. The van der Waals surface area contributed by atoms with Crippen LogP contribution in [0.15, 0.2) is 29.3 Å². The lowest BCUT2D eigenvalue weighted by molar-refractivity contribution is 0.0277. The summed E-state index contributed by atoms with van der Waals surface area (Å²) in [6, 6.07) is 8.79. The number of nitrogens with one attached hydrogen (secondary N) is 2. The van der Waals surface area contributed by atoms with Crippen molar-refractivity contribution in [1.29, 1.82) is 0 Å². The topological polar surface area (TPSA) is 69.1 Å². The average Bonchev–Trinajstić information content (AvgIpc) is 2.79. The number of likely N-dealkylation sites (tertiary alicyclic amines) is 1. The second-order valence-electron chi connectivity index (χ2n) is 8.66. The van der Waals surface area contributed by atoms with Gasteiger partial charge in [-0.1, -0.05) is 43.5 Å². The van der Waals surface area contributed by atoms with Crippen molar-refractivity contribution >= 4 is 29.9 Å². The first-order valence-corrected chi connectivity index (χ1v) is 11.8. The molecule has 1 heterocycles. The van der Waals surface area contributed by atoms with Crippen molar-refractivity contribution in [3.63, 3.8) is 0 Å². The number of halogens is 1. The SMILES string of the molecule is CN=C(NCCCOC1CCCCC1)NCc1ccc(CN2CCC(O)CC2)cc1.I. The van der Waals surface area contributed by atoms with E-state index in [2.05, 4.69) is 44.8 Å². The van der Waals surface area contributed by atoms with Gasteiger partial charge in [0.25, 0.3) is 0 Å². The number of aliphatic imine (C=N–C) groups is 1. The van der Waals surface area contributed by atoms with Crippen LogP contribution in [0.2, 0.25) is 0 Å². The number of piperidine rings is 1. The molecule has 0 unspecified atom stereocenters. The summed E-state index contributed by atoms with van der Waals surface area (Å²) >= 11 is 0. The number of benzene rings is 1. The lowest BCUT2D eigenvalue weighted by Crippen LogP contribution is -2.37. The standard InChI is InChI=1S/C24H40N4O2.HI/c1-25-24(26-14-5-17-30-23-6-3-2-4-7-23)27-18-20-8-10-21(11-9-20)19-28-15-12-22(29)13-16-28;/h8-11,22-23,29H,2-7,12-19H2,1H3,(H2,25,26,27);1H. The predicted octanol–water partition coefficient (Wildman–Crippen LogP) is 3.67. The number of rotatable bonds is 9. The van der Waals surface area contributed by atoms with Crippen LogP contribution in [0.4, 0.5) is 0 Å². The van der Waals surface area contributed by atoms with E-state index in [0.717, 1.165) is 64.6 Å². The van der Waals surface area contributed by atoms with Crippen molar-refractivity contribution < 1.29 is 9.84 Å². The van der Waals surface area contributed by atoms with Gasteiger partial charge in [0.1, 0.15) is 0 Å².